The lowest BCUT2D eigenvalue weighted by Crippen LogP contribution is -2.36. The van der Waals surface area contributed by atoms with E-state index in [0.717, 1.165) is 11.6 Å². The third kappa shape index (κ3) is 4.94. The van der Waals surface area contributed by atoms with Gasteiger partial charge in [0.05, 0.1) is 0 Å². The molecule has 0 fully saturated rings. The minimum atomic E-state index is -1.53. The summed E-state index contributed by atoms with van der Waals surface area (Å²) in [5.74, 6) is -0.692. The van der Waals surface area contributed by atoms with Gasteiger partial charge >= 0.3 is 6.09 Å². The van der Waals surface area contributed by atoms with Crippen molar-refractivity contribution in [2.24, 2.45) is 0 Å². The van der Waals surface area contributed by atoms with Crippen LogP contribution in [0.5, 0.6) is 0 Å². The number of hydrogen-bond acceptors (Lipinski definition) is 5. The summed E-state index contributed by atoms with van der Waals surface area (Å²) >= 11 is 0. The molecule has 7 heteroatoms. The number of anilines is 1. The van der Waals surface area contributed by atoms with Crippen LogP contribution in [0.25, 0.3) is 0 Å². The Kier molecular flexibility index (Phi) is 6.11. The molecule has 0 spiro atoms. The van der Waals surface area contributed by atoms with Gasteiger partial charge < -0.3 is 26.0 Å². The molecule has 2 aromatic carbocycles. The summed E-state index contributed by atoms with van der Waals surface area (Å²) in [6.45, 7) is -0.224. The van der Waals surface area contributed by atoms with E-state index in [0.29, 0.717) is 0 Å². The Morgan fingerprint density at radius 3 is 2.62 bits per heavy atom. The van der Waals surface area contributed by atoms with Gasteiger partial charge in [0, 0.05) is 17.8 Å². The smallest absolute Gasteiger partial charge is 0.407 e. The minimum absolute atomic E-state index is 0.0785. The molecule has 0 saturated heterocycles. The molecule has 128 valence electrons. The highest BCUT2D eigenvalue weighted by Crippen LogP contribution is 2.22. The van der Waals surface area contributed by atoms with Crippen molar-refractivity contribution < 1.29 is 24.1 Å². The number of aliphatic hydroxyl groups excluding tert-OH is 2. The summed E-state index contributed by atoms with van der Waals surface area (Å²) in [4.78, 5) is 11.6. The summed E-state index contributed by atoms with van der Waals surface area (Å²) in [5.41, 5.74) is 6.47. The number of amides is 1. The van der Waals surface area contributed by atoms with Crippen LogP contribution in [0.4, 0.5) is 14.9 Å². The van der Waals surface area contributed by atoms with E-state index in [1.807, 2.05) is 18.2 Å². The second-order valence-electron chi connectivity index (χ2n) is 5.24. The number of nitrogen functional groups attached to an aromatic ring is 1. The van der Waals surface area contributed by atoms with Gasteiger partial charge in [0.15, 0.2) is 0 Å². The molecule has 0 aliphatic carbocycles. The Labute approximate surface area is 138 Å². The highest BCUT2D eigenvalue weighted by atomic mass is 19.1. The number of rotatable bonds is 6. The lowest BCUT2D eigenvalue weighted by molar-refractivity contribution is 0.0164. The summed E-state index contributed by atoms with van der Waals surface area (Å²) in [6.07, 6.45) is -3.69. The minimum Gasteiger partial charge on any atom is -0.445 e. The monoisotopic (exact) mass is 334 g/mol. The molecule has 0 aliphatic heterocycles. The predicted molar refractivity (Wildman–Crippen MR) is 86.4 cm³/mol. The highest BCUT2D eigenvalue weighted by molar-refractivity contribution is 5.67. The van der Waals surface area contributed by atoms with Gasteiger partial charge in [0.1, 0.15) is 24.6 Å². The average Bonchev–Trinajstić information content (AvgIpc) is 2.60. The number of nitrogens with two attached hydrogens (primary N) is 1. The zero-order chi connectivity index (χ0) is 17.5. The fourth-order valence-corrected chi connectivity index (χ4v) is 2.07. The Morgan fingerprint density at radius 1 is 1.21 bits per heavy atom. The van der Waals surface area contributed by atoms with Crippen molar-refractivity contribution in [1.29, 1.82) is 0 Å². The zero-order valence-electron chi connectivity index (χ0n) is 12.9. The van der Waals surface area contributed by atoms with E-state index in [1.54, 1.807) is 12.1 Å². The van der Waals surface area contributed by atoms with E-state index in [2.05, 4.69) is 5.32 Å². The van der Waals surface area contributed by atoms with E-state index >= 15 is 0 Å². The van der Waals surface area contributed by atoms with Crippen molar-refractivity contribution in [3.8, 4) is 0 Å². The van der Waals surface area contributed by atoms with Gasteiger partial charge in [-0.2, -0.15) is 0 Å². The molecule has 6 nitrogen and oxygen atoms in total. The van der Waals surface area contributed by atoms with Gasteiger partial charge in [0.25, 0.3) is 0 Å². The normalized spacial score (nSPS) is 13.1. The first-order valence-electron chi connectivity index (χ1n) is 7.33. The molecule has 0 saturated carbocycles. The van der Waals surface area contributed by atoms with Crippen LogP contribution < -0.4 is 11.1 Å². The van der Waals surface area contributed by atoms with Crippen molar-refractivity contribution in [2.45, 2.75) is 18.8 Å². The van der Waals surface area contributed by atoms with Crippen LogP contribution in [0.2, 0.25) is 0 Å². The number of ether oxygens (including phenoxy) is 1. The van der Waals surface area contributed by atoms with Crippen molar-refractivity contribution in [3.05, 3.63) is 65.5 Å². The number of nitrogens with one attached hydrogen (secondary N) is 1. The van der Waals surface area contributed by atoms with Gasteiger partial charge in [0.2, 0.25) is 0 Å². The maximum atomic E-state index is 13.6. The average molecular weight is 334 g/mol. The molecule has 0 heterocycles. The van der Waals surface area contributed by atoms with Crippen molar-refractivity contribution in [1.82, 2.24) is 5.32 Å². The van der Waals surface area contributed by atoms with E-state index in [1.165, 1.54) is 12.1 Å². The van der Waals surface area contributed by atoms with E-state index in [-0.39, 0.29) is 24.4 Å². The molecule has 2 aromatic rings. The van der Waals surface area contributed by atoms with Crippen LogP contribution in [-0.4, -0.2) is 29.0 Å². The van der Waals surface area contributed by atoms with Crippen LogP contribution in [0.3, 0.4) is 0 Å². The SMILES string of the molecule is Nc1ccc(F)c(C(O)C(O)CNC(=O)OCc2ccccc2)c1. The molecule has 5 N–H and O–H groups in total. The fourth-order valence-electron chi connectivity index (χ4n) is 2.07. The van der Waals surface area contributed by atoms with Crippen LogP contribution in [0.15, 0.2) is 48.5 Å². The molecule has 0 aliphatic rings. The van der Waals surface area contributed by atoms with Gasteiger partial charge in [-0.1, -0.05) is 30.3 Å². The third-order valence-electron chi connectivity index (χ3n) is 3.37. The Balaban J connectivity index is 1.82. The lowest BCUT2D eigenvalue weighted by Gasteiger charge is -2.19. The number of alkyl carbamates (subject to hydrolysis) is 1. The summed E-state index contributed by atoms with van der Waals surface area (Å²) in [7, 11) is 0. The van der Waals surface area contributed by atoms with Crippen molar-refractivity contribution in [2.75, 3.05) is 12.3 Å². The first-order valence-corrected chi connectivity index (χ1v) is 7.33. The molecular formula is C17H19FN2O4. The number of aliphatic hydroxyl groups is 2. The predicted octanol–water partition coefficient (Wildman–Crippen LogP) is 1.73. The van der Waals surface area contributed by atoms with Crippen LogP contribution in [-0.2, 0) is 11.3 Å². The van der Waals surface area contributed by atoms with Crippen LogP contribution in [0.1, 0.15) is 17.2 Å². The highest BCUT2D eigenvalue weighted by Gasteiger charge is 2.22. The number of carbonyl (C=O) groups excluding carboxylic acids is 1. The first kappa shape index (κ1) is 17.7. The number of halogens is 1. The number of carbonyl (C=O) groups is 1. The second-order valence-corrected chi connectivity index (χ2v) is 5.24. The first-order chi connectivity index (χ1) is 11.5. The topological polar surface area (TPSA) is 105 Å². The van der Waals surface area contributed by atoms with E-state index in [9.17, 15) is 19.4 Å². The Morgan fingerprint density at radius 2 is 1.92 bits per heavy atom. The molecule has 0 bridgehead atoms. The van der Waals surface area contributed by atoms with Gasteiger partial charge in [-0.15, -0.1) is 0 Å². The number of benzene rings is 2. The standard InChI is InChI=1S/C17H19FN2O4/c18-14-7-6-12(19)8-13(14)16(22)15(21)9-20-17(23)24-10-11-4-2-1-3-5-11/h1-8,15-16,21-22H,9-10,19H2,(H,20,23). The molecular weight excluding hydrogens is 315 g/mol. The second kappa shape index (κ2) is 8.28. The molecule has 0 radical (unpaired) electrons. The van der Waals surface area contributed by atoms with Crippen molar-refractivity contribution in [3.63, 3.8) is 0 Å². The zero-order valence-corrected chi connectivity index (χ0v) is 12.9. The van der Waals surface area contributed by atoms with Gasteiger partial charge in [-0.05, 0) is 23.8 Å². The van der Waals surface area contributed by atoms with E-state index in [4.69, 9.17) is 10.5 Å². The number of hydrogen-bond donors (Lipinski definition) is 4. The molecule has 24 heavy (non-hydrogen) atoms. The lowest BCUT2D eigenvalue weighted by atomic mass is 10.0. The van der Waals surface area contributed by atoms with Crippen LogP contribution in [0, 0.1) is 5.82 Å². The molecule has 1 amide bonds. The molecule has 2 rings (SSSR count). The fraction of sp³-hybridized carbons (Fsp3) is 0.235. The van der Waals surface area contributed by atoms with Gasteiger partial charge in [-0.3, -0.25) is 0 Å². The maximum Gasteiger partial charge on any atom is 0.407 e. The van der Waals surface area contributed by atoms with Gasteiger partial charge in [-0.25, -0.2) is 9.18 Å². The van der Waals surface area contributed by atoms with Crippen molar-refractivity contribution >= 4 is 11.8 Å². The Hall–Kier alpha value is -2.64. The quantitative estimate of drug-likeness (QED) is 0.602. The van der Waals surface area contributed by atoms with E-state index < -0.39 is 24.1 Å². The maximum absolute atomic E-state index is 13.6. The summed E-state index contributed by atoms with van der Waals surface area (Å²) < 4.78 is 18.6. The molecule has 0 aromatic heterocycles. The summed E-state index contributed by atoms with van der Waals surface area (Å²) in [5, 5.41) is 22.2. The summed E-state index contributed by atoms with van der Waals surface area (Å²) in [6, 6.07) is 12.8. The largest absolute Gasteiger partial charge is 0.445 e. The van der Waals surface area contributed by atoms with Crippen LogP contribution >= 0.6 is 0 Å². The Bertz CT molecular complexity index is 682. The third-order valence-corrected chi connectivity index (χ3v) is 3.37. The molecule has 2 atom stereocenters. The molecule has 2 unspecified atom stereocenters.